The molecule has 1 aliphatic carbocycles. The first-order valence-electron chi connectivity index (χ1n) is 9.04. The number of carbonyl (C=O) groups excluding carboxylic acids is 2. The molecule has 0 radical (unpaired) electrons. The molecule has 0 aromatic heterocycles. The number of benzene rings is 2. The molecule has 2 aliphatic rings. The lowest BCUT2D eigenvalue weighted by Crippen LogP contribution is -2.25. The highest BCUT2D eigenvalue weighted by atomic mass is 79.9. The van der Waals surface area contributed by atoms with Gasteiger partial charge in [0.25, 0.3) is 0 Å². The van der Waals surface area contributed by atoms with Crippen molar-refractivity contribution in [2.45, 2.75) is 31.7 Å². The van der Waals surface area contributed by atoms with E-state index in [1.807, 2.05) is 41.3 Å². The Morgan fingerprint density at radius 3 is 2.50 bits per heavy atom. The minimum atomic E-state index is 0.0812. The van der Waals surface area contributed by atoms with Gasteiger partial charge < -0.3 is 10.2 Å². The summed E-state index contributed by atoms with van der Waals surface area (Å²) < 4.78 is 1.06. The molecule has 2 amide bonds. The molecule has 2 fully saturated rings. The molecule has 4 rings (SSSR count). The van der Waals surface area contributed by atoms with E-state index in [1.54, 1.807) is 0 Å². The van der Waals surface area contributed by atoms with Crippen molar-refractivity contribution in [1.82, 2.24) is 5.32 Å². The number of hydrogen-bond acceptors (Lipinski definition) is 2. The second kappa shape index (κ2) is 7.23. The Morgan fingerprint density at radius 2 is 1.85 bits per heavy atom. The number of halogens is 1. The van der Waals surface area contributed by atoms with Crippen LogP contribution < -0.4 is 10.2 Å². The van der Waals surface area contributed by atoms with E-state index in [9.17, 15) is 9.59 Å². The van der Waals surface area contributed by atoms with Crippen LogP contribution in [0.3, 0.4) is 0 Å². The lowest BCUT2D eigenvalue weighted by Gasteiger charge is -2.16. The summed E-state index contributed by atoms with van der Waals surface area (Å²) in [4.78, 5) is 26.0. The predicted octanol–water partition coefficient (Wildman–Crippen LogP) is 4.00. The van der Waals surface area contributed by atoms with E-state index in [0.29, 0.717) is 18.9 Å². The van der Waals surface area contributed by atoms with Crippen LogP contribution in [0.2, 0.25) is 0 Å². The molecule has 1 saturated heterocycles. The number of anilines is 1. The summed E-state index contributed by atoms with van der Waals surface area (Å²) in [5.41, 5.74) is 3.22. The van der Waals surface area contributed by atoms with Crippen molar-refractivity contribution < 1.29 is 9.59 Å². The molecule has 0 bridgehead atoms. The van der Waals surface area contributed by atoms with Crippen molar-refractivity contribution in [3.8, 4) is 0 Å². The Hall–Kier alpha value is -2.14. The van der Waals surface area contributed by atoms with Crippen molar-refractivity contribution in [1.29, 1.82) is 0 Å². The van der Waals surface area contributed by atoms with Crippen LogP contribution in [0, 0.1) is 5.92 Å². The summed E-state index contributed by atoms with van der Waals surface area (Å²) in [7, 11) is 0. The molecule has 1 N–H and O–H groups in total. The van der Waals surface area contributed by atoms with Gasteiger partial charge in [-0.05, 0) is 54.2 Å². The van der Waals surface area contributed by atoms with Gasteiger partial charge in [-0.3, -0.25) is 9.59 Å². The topological polar surface area (TPSA) is 49.4 Å². The van der Waals surface area contributed by atoms with E-state index in [4.69, 9.17) is 0 Å². The molecule has 2 unspecified atom stereocenters. The lowest BCUT2D eigenvalue weighted by atomic mass is 10.1. The Labute approximate surface area is 161 Å². The molecule has 2 aromatic carbocycles. The largest absolute Gasteiger partial charge is 0.352 e. The van der Waals surface area contributed by atoms with Crippen LogP contribution in [0.5, 0.6) is 0 Å². The first-order valence-corrected chi connectivity index (χ1v) is 9.83. The van der Waals surface area contributed by atoms with Gasteiger partial charge in [-0.25, -0.2) is 0 Å². The van der Waals surface area contributed by atoms with E-state index in [0.717, 1.165) is 35.1 Å². The number of nitrogens with zero attached hydrogens (tertiary/aromatic N) is 1. The summed E-state index contributed by atoms with van der Waals surface area (Å²) in [6.07, 6.45) is 2.49. The molecule has 1 heterocycles. The van der Waals surface area contributed by atoms with Crippen LogP contribution in [0.25, 0.3) is 0 Å². The number of hydrogen-bond donors (Lipinski definition) is 1. The Balaban J connectivity index is 1.29. The molecule has 2 atom stereocenters. The minimum Gasteiger partial charge on any atom is -0.352 e. The third-order valence-electron chi connectivity index (χ3n) is 5.21. The fraction of sp³-hybridized carbons (Fsp3) is 0.333. The van der Waals surface area contributed by atoms with Crippen molar-refractivity contribution >= 4 is 33.4 Å². The first kappa shape index (κ1) is 17.3. The zero-order chi connectivity index (χ0) is 18.1. The minimum absolute atomic E-state index is 0.0812. The molecular formula is C21H21BrN2O2. The zero-order valence-electron chi connectivity index (χ0n) is 14.5. The maximum atomic E-state index is 12.4. The third-order valence-corrected chi connectivity index (χ3v) is 5.74. The average Bonchev–Trinajstić information content (AvgIpc) is 3.35. The van der Waals surface area contributed by atoms with Crippen molar-refractivity contribution in [3.63, 3.8) is 0 Å². The number of rotatable bonds is 5. The molecule has 1 aliphatic heterocycles. The normalized spacial score (nSPS) is 21.7. The van der Waals surface area contributed by atoms with Gasteiger partial charge in [-0.2, -0.15) is 0 Å². The molecular weight excluding hydrogens is 392 g/mol. The van der Waals surface area contributed by atoms with Gasteiger partial charge in [-0.15, -0.1) is 0 Å². The van der Waals surface area contributed by atoms with E-state index < -0.39 is 0 Å². The molecule has 2 aromatic rings. The van der Waals surface area contributed by atoms with Gasteiger partial charge in [0, 0.05) is 35.6 Å². The van der Waals surface area contributed by atoms with Gasteiger partial charge in [-0.1, -0.05) is 40.2 Å². The van der Waals surface area contributed by atoms with Gasteiger partial charge in [0.15, 0.2) is 0 Å². The SMILES string of the molecule is O=C(NCc1ccc(N2CCCC2=O)cc1)C1CC1c1ccc(Br)cc1. The second-order valence-corrected chi connectivity index (χ2v) is 7.95. The first-order chi connectivity index (χ1) is 12.6. The van der Waals surface area contributed by atoms with E-state index in [-0.39, 0.29) is 17.7 Å². The number of carbonyl (C=O) groups is 2. The van der Waals surface area contributed by atoms with Gasteiger partial charge in [0.1, 0.15) is 0 Å². The molecule has 4 nitrogen and oxygen atoms in total. The monoisotopic (exact) mass is 412 g/mol. The highest BCUT2D eigenvalue weighted by Crippen LogP contribution is 2.47. The van der Waals surface area contributed by atoms with Crippen LogP contribution in [-0.2, 0) is 16.1 Å². The molecule has 5 heteroatoms. The number of amides is 2. The number of nitrogens with one attached hydrogen (secondary N) is 1. The third kappa shape index (κ3) is 3.68. The highest BCUT2D eigenvalue weighted by Gasteiger charge is 2.43. The summed E-state index contributed by atoms with van der Waals surface area (Å²) in [6, 6.07) is 16.1. The highest BCUT2D eigenvalue weighted by molar-refractivity contribution is 9.10. The van der Waals surface area contributed by atoms with Crippen molar-refractivity contribution in [3.05, 3.63) is 64.1 Å². The quantitative estimate of drug-likeness (QED) is 0.806. The van der Waals surface area contributed by atoms with E-state index in [2.05, 4.69) is 33.4 Å². The predicted molar refractivity (Wildman–Crippen MR) is 105 cm³/mol. The van der Waals surface area contributed by atoms with Gasteiger partial charge in [0.05, 0.1) is 0 Å². The summed E-state index contributed by atoms with van der Waals surface area (Å²) in [5.74, 6) is 0.736. The average molecular weight is 413 g/mol. The second-order valence-electron chi connectivity index (χ2n) is 7.03. The zero-order valence-corrected chi connectivity index (χ0v) is 16.0. The Morgan fingerprint density at radius 1 is 1.12 bits per heavy atom. The standard InChI is InChI=1S/C21H21BrN2O2/c22-16-7-5-15(6-8-16)18-12-19(18)21(26)23-13-14-3-9-17(10-4-14)24-11-1-2-20(24)25/h3-10,18-19H,1-2,11-13H2,(H,23,26). The van der Waals surface area contributed by atoms with E-state index in [1.165, 1.54) is 5.56 Å². The van der Waals surface area contributed by atoms with Crippen molar-refractivity contribution in [2.75, 3.05) is 11.4 Å². The fourth-order valence-corrected chi connectivity index (χ4v) is 3.86. The maximum Gasteiger partial charge on any atom is 0.227 e. The Bertz CT molecular complexity index is 817. The van der Waals surface area contributed by atoms with Gasteiger partial charge in [0.2, 0.25) is 11.8 Å². The van der Waals surface area contributed by atoms with Crippen LogP contribution in [-0.4, -0.2) is 18.4 Å². The van der Waals surface area contributed by atoms with Gasteiger partial charge >= 0.3 is 0 Å². The van der Waals surface area contributed by atoms with Crippen LogP contribution in [0.15, 0.2) is 53.0 Å². The molecule has 0 spiro atoms. The van der Waals surface area contributed by atoms with Crippen molar-refractivity contribution in [2.24, 2.45) is 5.92 Å². The molecule has 26 heavy (non-hydrogen) atoms. The Kier molecular flexibility index (Phi) is 4.81. The summed E-state index contributed by atoms with van der Waals surface area (Å²) in [5, 5.41) is 3.04. The maximum absolute atomic E-state index is 12.4. The fourth-order valence-electron chi connectivity index (χ4n) is 3.60. The van der Waals surface area contributed by atoms with Crippen LogP contribution in [0.4, 0.5) is 5.69 Å². The smallest absolute Gasteiger partial charge is 0.227 e. The van der Waals surface area contributed by atoms with Crippen LogP contribution in [0.1, 0.15) is 36.3 Å². The summed E-state index contributed by atoms with van der Waals surface area (Å²) in [6.45, 7) is 1.32. The molecule has 1 saturated carbocycles. The van der Waals surface area contributed by atoms with Crippen LogP contribution >= 0.6 is 15.9 Å². The van der Waals surface area contributed by atoms with E-state index >= 15 is 0 Å². The molecule has 134 valence electrons. The lowest BCUT2D eigenvalue weighted by molar-refractivity contribution is -0.122. The summed E-state index contributed by atoms with van der Waals surface area (Å²) >= 11 is 3.44.